The van der Waals surface area contributed by atoms with Gasteiger partial charge < -0.3 is 26.4 Å². The number of amides is 4. The van der Waals surface area contributed by atoms with Crippen LogP contribution in [0.2, 0.25) is 5.02 Å². The van der Waals surface area contributed by atoms with Crippen LogP contribution < -0.4 is 21.3 Å². The lowest BCUT2D eigenvalue weighted by atomic mass is 10.1. The Labute approximate surface area is 126 Å². The second-order valence-corrected chi connectivity index (χ2v) is 4.82. The topological polar surface area (TPSA) is 102 Å². The summed E-state index contributed by atoms with van der Waals surface area (Å²) >= 11 is 5.81. The first-order valence-corrected chi connectivity index (χ1v) is 6.67. The Morgan fingerprint density at radius 3 is 2.95 bits per heavy atom. The number of benzene rings is 1. The minimum absolute atomic E-state index is 0.312. The molecule has 0 fully saturated rings. The van der Waals surface area contributed by atoms with E-state index in [9.17, 15) is 14.7 Å². The molecular weight excluding hydrogens is 296 g/mol. The minimum atomic E-state index is -1.03. The molecule has 112 valence electrons. The zero-order chi connectivity index (χ0) is 15.2. The normalized spacial score (nSPS) is 17.3. The lowest BCUT2D eigenvalue weighted by Gasteiger charge is -2.21. The predicted octanol–water partition coefficient (Wildman–Crippen LogP) is 1.37. The second kappa shape index (κ2) is 6.96. The molecule has 1 aliphatic rings. The van der Waals surface area contributed by atoms with Gasteiger partial charge in [0.15, 0.2) is 6.23 Å². The Morgan fingerprint density at radius 2 is 2.24 bits per heavy atom. The zero-order valence-corrected chi connectivity index (χ0v) is 11.8. The van der Waals surface area contributed by atoms with Gasteiger partial charge in [-0.05, 0) is 30.2 Å². The van der Waals surface area contributed by atoms with E-state index in [-0.39, 0.29) is 6.03 Å². The van der Waals surface area contributed by atoms with Crippen molar-refractivity contribution >= 4 is 29.4 Å². The lowest BCUT2D eigenvalue weighted by molar-refractivity contribution is 0.161. The van der Waals surface area contributed by atoms with Gasteiger partial charge in [-0.1, -0.05) is 17.7 Å². The quantitative estimate of drug-likeness (QED) is 0.580. The van der Waals surface area contributed by atoms with Crippen LogP contribution >= 0.6 is 11.6 Å². The summed E-state index contributed by atoms with van der Waals surface area (Å²) in [4.78, 5) is 22.6. The smallest absolute Gasteiger partial charge is 0.321 e. The monoisotopic (exact) mass is 310 g/mol. The number of carbonyl (C=O) groups excluding carboxylic acids is 2. The van der Waals surface area contributed by atoms with E-state index in [1.165, 1.54) is 6.20 Å². The molecule has 0 aliphatic carbocycles. The number of hydrogen-bond donors (Lipinski definition) is 5. The fourth-order valence-corrected chi connectivity index (χ4v) is 1.96. The van der Waals surface area contributed by atoms with Gasteiger partial charge in [-0.25, -0.2) is 9.59 Å². The predicted molar refractivity (Wildman–Crippen MR) is 78.8 cm³/mol. The number of aliphatic hydroxyl groups excluding tert-OH is 1. The molecule has 2 rings (SSSR count). The maximum Gasteiger partial charge on any atom is 0.321 e. The maximum atomic E-state index is 11.7. The molecule has 0 unspecified atom stereocenters. The first-order chi connectivity index (χ1) is 10.0. The summed E-state index contributed by atoms with van der Waals surface area (Å²) < 4.78 is 0. The number of hydrogen-bond acceptors (Lipinski definition) is 3. The molecule has 0 saturated heterocycles. The largest absolute Gasteiger partial charge is 0.370 e. The summed E-state index contributed by atoms with van der Waals surface area (Å²) in [5.41, 5.74) is 1.17. The molecule has 4 amide bonds. The molecule has 0 aromatic heterocycles. The highest BCUT2D eigenvalue weighted by atomic mass is 35.5. The van der Waals surface area contributed by atoms with Gasteiger partial charge in [-0.2, -0.15) is 0 Å². The molecule has 1 aromatic carbocycles. The molecule has 5 N–H and O–H groups in total. The van der Waals surface area contributed by atoms with Crippen LogP contribution in [0.1, 0.15) is 6.42 Å². The summed E-state index contributed by atoms with van der Waals surface area (Å²) in [7, 11) is 0. The van der Waals surface area contributed by atoms with Crippen molar-refractivity contribution in [1.82, 2.24) is 16.0 Å². The van der Waals surface area contributed by atoms with E-state index in [2.05, 4.69) is 21.3 Å². The van der Waals surface area contributed by atoms with E-state index in [1.807, 2.05) is 0 Å². The molecule has 1 heterocycles. The van der Waals surface area contributed by atoms with E-state index >= 15 is 0 Å². The highest BCUT2D eigenvalue weighted by Gasteiger charge is 2.18. The lowest BCUT2D eigenvalue weighted by Crippen LogP contribution is -2.46. The first-order valence-electron chi connectivity index (χ1n) is 6.29. The van der Waals surface area contributed by atoms with Gasteiger partial charge in [0.2, 0.25) is 0 Å². The first kappa shape index (κ1) is 15.1. The van der Waals surface area contributed by atoms with Crippen molar-refractivity contribution in [3.8, 4) is 0 Å². The Morgan fingerprint density at radius 1 is 1.43 bits per heavy atom. The third kappa shape index (κ3) is 4.66. The van der Waals surface area contributed by atoms with Gasteiger partial charge in [-0.15, -0.1) is 0 Å². The SMILES string of the molecule is O=C(NCCC1=CNC(=O)N[C@H]1O)Nc1cccc(Cl)c1. The van der Waals surface area contributed by atoms with Crippen LogP contribution in [0.5, 0.6) is 0 Å². The summed E-state index contributed by atoms with van der Waals surface area (Å²) in [6.45, 7) is 0.312. The standard InChI is InChI=1S/C13H15ClN4O3/c14-9-2-1-3-10(6-9)17-12(20)15-5-4-8-7-16-13(21)18-11(8)19/h1-3,6-7,11,19H,4-5H2,(H2,15,17,20)(H2,16,18,21)/t11-/m0/s1. The Kier molecular flexibility index (Phi) is 5.02. The molecule has 0 bridgehead atoms. The molecule has 0 radical (unpaired) electrons. The van der Waals surface area contributed by atoms with Crippen molar-refractivity contribution in [2.75, 3.05) is 11.9 Å². The molecule has 7 nitrogen and oxygen atoms in total. The van der Waals surface area contributed by atoms with Crippen molar-refractivity contribution in [2.45, 2.75) is 12.6 Å². The van der Waals surface area contributed by atoms with Crippen molar-refractivity contribution < 1.29 is 14.7 Å². The van der Waals surface area contributed by atoms with Crippen molar-refractivity contribution in [3.05, 3.63) is 41.1 Å². The number of anilines is 1. The fraction of sp³-hybridized carbons (Fsp3) is 0.231. The fourth-order valence-electron chi connectivity index (χ4n) is 1.77. The van der Waals surface area contributed by atoms with Crippen LogP contribution in [0, 0.1) is 0 Å². The van der Waals surface area contributed by atoms with Gasteiger partial charge in [-0.3, -0.25) is 0 Å². The van der Waals surface area contributed by atoms with Crippen LogP contribution in [0.4, 0.5) is 15.3 Å². The van der Waals surface area contributed by atoms with E-state index in [0.29, 0.717) is 29.2 Å². The Balaban J connectivity index is 1.76. The average Bonchev–Trinajstić information content (AvgIpc) is 2.41. The second-order valence-electron chi connectivity index (χ2n) is 4.38. The summed E-state index contributed by atoms with van der Waals surface area (Å²) in [6.07, 6.45) is 0.800. The van der Waals surface area contributed by atoms with Gasteiger partial charge in [0.05, 0.1) is 0 Å². The van der Waals surface area contributed by atoms with Gasteiger partial charge in [0.25, 0.3) is 0 Å². The summed E-state index contributed by atoms with van der Waals surface area (Å²) in [6, 6.07) is 5.96. The number of halogens is 1. The Hall–Kier alpha value is -2.25. The third-order valence-electron chi connectivity index (χ3n) is 2.79. The molecule has 1 aliphatic heterocycles. The Bertz CT molecular complexity index is 576. The van der Waals surface area contributed by atoms with E-state index in [4.69, 9.17) is 11.6 Å². The highest BCUT2D eigenvalue weighted by Crippen LogP contribution is 2.14. The van der Waals surface area contributed by atoms with Crippen LogP contribution in [0.15, 0.2) is 36.0 Å². The van der Waals surface area contributed by atoms with E-state index < -0.39 is 12.3 Å². The van der Waals surface area contributed by atoms with Crippen molar-refractivity contribution in [2.24, 2.45) is 0 Å². The van der Waals surface area contributed by atoms with E-state index in [0.717, 1.165) is 0 Å². The number of aliphatic hydroxyl groups is 1. The van der Waals surface area contributed by atoms with Crippen LogP contribution in [-0.4, -0.2) is 29.9 Å². The molecule has 0 saturated carbocycles. The zero-order valence-electron chi connectivity index (χ0n) is 11.0. The average molecular weight is 311 g/mol. The number of carbonyl (C=O) groups is 2. The van der Waals surface area contributed by atoms with Gasteiger partial charge >= 0.3 is 12.1 Å². The third-order valence-corrected chi connectivity index (χ3v) is 3.02. The minimum Gasteiger partial charge on any atom is -0.370 e. The van der Waals surface area contributed by atoms with Crippen LogP contribution in [0.25, 0.3) is 0 Å². The summed E-state index contributed by atoms with van der Waals surface area (Å²) in [5.74, 6) is 0. The number of nitrogens with one attached hydrogen (secondary N) is 4. The van der Waals surface area contributed by atoms with Crippen LogP contribution in [0.3, 0.4) is 0 Å². The molecule has 1 aromatic rings. The van der Waals surface area contributed by atoms with Gasteiger partial charge in [0, 0.05) is 23.5 Å². The highest BCUT2D eigenvalue weighted by molar-refractivity contribution is 6.30. The molecule has 0 spiro atoms. The summed E-state index contributed by atoms with van der Waals surface area (Å²) in [5, 5.41) is 20.1. The van der Waals surface area contributed by atoms with Crippen LogP contribution in [-0.2, 0) is 0 Å². The van der Waals surface area contributed by atoms with Gasteiger partial charge in [0.1, 0.15) is 0 Å². The van der Waals surface area contributed by atoms with E-state index in [1.54, 1.807) is 24.3 Å². The van der Waals surface area contributed by atoms with Crippen molar-refractivity contribution in [3.63, 3.8) is 0 Å². The molecule has 21 heavy (non-hydrogen) atoms. The van der Waals surface area contributed by atoms with Crippen molar-refractivity contribution in [1.29, 1.82) is 0 Å². The maximum absolute atomic E-state index is 11.7. The molecule has 8 heteroatoms. The molecular formula is C13H15ClN4O3. The number of urea groups is 2. The number of rotatable bonds is 4. The molecule has 1 atom stereocenters.